The standard InChI is InChI=1S/C14H23NS/c1-11(10-14-8-5-9-16-14)15-12(2)13-6-3-4-7-13/h5,8-9,11-13,15H,3-4,6-7,10H2,1-2H3. The number of rotatable bonds is 5. The molecule has 1 saturated carbocycles. The van der Waals surface area contributed by atoms with E-state index >= 15 is 0 Å². The van der Waals surface area contributed by atoms with Crippen LogP contribution < -0.4 is 5.32 Å². The van der Waals surface area contributed by atoms with Crippen molar-refractivity contribution in [3.8, 4) is 0 Å². The van der Waals surface area contributed by atoms with Crippen molar-refractivity contribution >= 4 is 11.3 Å². The van der Waals surface area contributed by atoms with Gasteiger partial charge in [-0.15, -0.1) is 11.3 Å². The first-order chi connectivity index (χ1) is 7.75. The van der Waals surface area contributed by atoms with Crippen LogP contribution in [0.2, 0.25) is 0 Å². The molecule has 2 atom stereocenters. The third-order valence-electron chi connectivity index (χ3n) is 3.74. The van der Waals surface area contributed by atoms with Crippen molar-refractivity contribution in [2.75, 3.05) is 0 Å². The predicted octanol–water partition coefficient (Wildman–Crippen LogP) is 3.85. The largest absolute Gasteiger partial charge is 0.311 e. The van der Waals surface area contributed by atoms with Crippen LogP contribution in [0.15, 0.2) is 17.5 Å². The van der Waals surface area contributed by atoms with Crippen LogP contribution in [0.25, 0.3) is 0 Å². The second-order valence-corrected chi connectivity index (χ2v) is 6.22. The summed E-state index contributed by atoms with van der Waals surface area (Å²) in [4.78, 5) is 1.50. The van der Waals surface area contributed by atoms with E-state index in [1.165, 1.54) is 37.0 Å². The fourth-order valence-electron chi connectivity index (χ4n) is 2.83. The van der Waals surface area contributed by atoms with Crippen molar-refractivity contribution < 1.29 is 0 Å². The highest BCUT2D eigenvalue weighted by Gasteiger charge is 2.22. The Morgan fingerprint density at radius 1 is 1.38 bits per heavy atom. The highest BCUT2D eigenvalue weighted by Crippen LogP contribution is 2.27. The molecule has 1 aliphatic carbocycles. The molecule has 1 aromatic heterocycles. The Morgan fingerprint density at radius 2 is 2.12 bits per heavy atom. The normalized spacial score (nSPS) is 21.1. The van der Waals surface area contributed by atoms with Gasteiger partial charge in [0.1, 0.15) is 0 Å². The second kappa shape index (κ2) is 5.83. The lowest BCUT2D eigenvalue weighted by molar-refractivity contribution is 0.349. The van der Waals surface area contributed by atoms with E-state index in [4.69, 9.17) is 0 Å². The van der Waals surface area contributed by atoms with Crippen molar-refractivity contribution in [1.82, 2.24) is 5.32 Å². The fraction of sp³-hybridized carbons (Fsp3) is 0.714. The maximum Gasteiger partial charge on any atom is 0.00896 e. The van der Waals surface area contributed by atoms with E-state index in [0.29, 0.717) is 12.1 Å². The molecule has 1 nitrogen and oxygen atoms in total. The molecule has 1 N–H and O–H groups in total. The first-order valence-electron chi connectivity index (χ1n) is 6.54. The molecule has 0 spiro atoms. The lowest BCUT2D eigenvalue weighted by atomic mass is 9.98. The smallest absolute Gasteiger partial charge is 0.00896 e. The SMILES string of the molecule is CC(Cc1cccs1)NC(C)C1CCCC1. The Balaban J connectivity index is 1.75. The summed E-state index contributed by atoms with van der Waals surface area (Å²) < 4.78 is 0. The Kier molecular flexibility index (Phi) is 4.42. The minimum atomic E-state index is 0.606. The maximum absolute atomic E-state index is 3.77. The molecule has 16 heavy (non-hydrogen) atoms. The number of thiophene rings is 1. The zero-order valence-corrected chi connectivity index (χ0v) is 11.2. The average Bonchev–Trinajstić information content (AvgIpc) is 2.88. The molecule has 0 saturated heterocycles. The summed E-state index contributed by atoms with van der Waals surface area (Å²) in [5.74, 6) is 0.922. The van der Waals surface area contributed by atoms with Crippen LogP contribution in [0.4, 0.5) is 0 Å². The van der Waals surface area contributed by atoms with Gasteiger partial charge in [-0.25, -0.2) is 0 Å². The highest BCUT2D eigenvalue weighted by molar-refractivity contribution is 7.09. The molecule has 2 rings (SSSR count). The second-order valence-electron chi connectivity index (χ2n) is 5.18. The van der Waals surface area contributed by atoms with Gasteiger partial charge in [0.15, 0.2) is 0 Å². The molecule has 2 unspecified atom stereocenters. The molecule has 1 fully saturated rings. The minimum absolute atomic E-state index is 0.606. The van der Waals surface area contributed by atoms with Crippen LogP contribution in [-0.4, -0.2) is 12.1 Å². The van der Waals surface area contributed by atoms with E-state index in [2.05, 4.69) is 36.7 Å². The molecule has 2 heteroatoms. The van der Waals surface area contributed by atoms with Crippen LogP contribution in [-0.2, 0) is 6.42 Å². The molecule has 0 amide bonds. The van der Waals surface area contributed by atoms with Crippen LogP contribution in [0, 0.1) is 5.92 Å². The summed E-state index contributed by atoms with van der Waals surface area (Å²) in [6.07, 6.45) is 6.92. The zero-order chi connectivity index (χ0) is 11.4. The average molecular weight is 237 g/mol. The summed E-state index contributed by atoms with van der Waals surface area (Å²) in [5.41, 5.74) is 0. The quantitative estimate of drug-likeness (QED) is 0.820. The molecular weight excluding hydrogens is 214 g/mol. The summed E-state index contributed by atoms with van der Waals surface area (Å²) >= 11 is 1.87. The Labute approximate surface area is 103 Å². The Morgan fingerprint density at radius 3 is 2.75 bits per heavy atom. The van der Waals surface area contributed by atoms with Gasteiger partial charge in [-0.3, -0.25) is 0 Å². The third-order valence-corrected chi connectivity index (χ3v) is 4.64. The number of hydrogen-bond acceptors (Lipinski definition) is 2. The van der Waals surface area contributed by atoms with Crippen LogP contribution >= 0.6 is 11.3 Å². The van der Waals surface area contributed by atoms with Crippen molar-refractivity contribution in [3.63, 3.8) is 0 Å². The van der Waals surface area contributed by atoms with Crippen molar-refractivity contribution in [2.24, 2.45) is 5.92 Å². The van der Waals surface area contributed by atoms with Gasteiger partial charge in [0.2, 0.25) is 0 Å². The molecule has 90 valence electrons. The molecule has 0 aromatic carbocycles. The zero-order valence-electron chi connectivity index (χ0n) is 10.4. The van der Waals surface area contributed by atoms with Gasteiger partial charge in [0.05, 0.1) is 0 Å². The number of nitrogens with one attached hydrogen (secondary N) is 1. The number of hydrogen-bond donors (Lipinski definition) is 1. The molecule has 1 heterocycles. The van der Waals surface area contributed by atoms with Gasteiger partial charge in [-0.05, 0) is 50.5 Å². The van der Waals surface area contributed by atoms with Gasteiger partial charge in [-0.1, -0.05) is 18.9 Å². The first kappa shape index (κ1) is 12.1. The summed E-state index contributed by atoms with van der Waals surface area (Å²) in [5, 5.41) is 5.94. The van der Waals surface area contributed by atoms with Crippen LogP contribution in [0.1, 0.15) is 44.4 Å². The lowest BCUT2D eigenvalue weighted by Crippen LogP contribution is -2.39. The molecule has 1 aromatic rings. The minimum Gasteiger partial charge on any atom is -0.311 e. The summed E-state index contributed by atoms with van der Waals surface area (Å²) in [6, 6.07) is 5.68. The summed E-state index contributed by atoms with van der Waals surface area (Å²) in [7, 11) is 0. The molecule has 0 bridgehead atoms. The molecule has 0 radical (unpaired) electrons. The monoisotopic (exact) mass is 237 g/mol. The van der Waals surface area contributed by atoms with E-state index in [0.717, 1.165) is 5.92 Å². The first-order valence-corrected chi connectivity index (χ1v) is 7.42. The molecular formula is C14H23NS. The third kappa shape index (κ3) is 3.33. The Bertz CT molecular complexity index is 288. The van der Waals surface area contributed by atoms with Crippen LogP contribution in [0.3, 0.4) is 0 Å². The van der Waals surface area contributed by atoms with Gasteiger partial charge >= 0.3 is 0 Å². The van der Waals surface area contributed by atoms with Crippen molar-refractivity contribution in [3.05, 3.63) is 22.4 Å². The predicted molar refractivity (Wildman–Crippen MR) is 72.0 cm³/mol. The van der Waals surface area contributed by atoms with Gasteiger partial charge in [0.25, 0.3) is 0 Å². The molecule has 0 aliphatic heterocycles. The van der Waals surface area contributed by atoms with E-state index in [9.17, 15) is 0 Å². The van der Waals surface area contributed by atoms with Gasteiger partial charge in [-0.2, -0.15) is 0 Å². The van der Waals surface area contributed by atoms with E-state index in [1.807, 2.05) is 11.3 Å². The lowest BCUT2D eigenvalue weighted by Gasteiger charge is -2.24. The Hall–Kier alpha value is -0.340. The van der Waals surface area contributed by atoms with E-state index in [1.54, 1.807) is 0 Å². The summed E-state index contributed by atoms with van der Waals surface area (Å²) in [6.45, 7) is 4.67. The molecule has 1 aliphatic rings. The van der Waals surface area contributed by atoms with E-state index < -0.39 is 0 Å². The van der Waals surface area contributed by atoms with Crippen LogP contribution in [0.5, 0.6) is 0 Å². The van der Waals surface area contributed by atoms with Crippen molar-refractivity contribution in [2.45, 2.75) is 58.0 Å². The topological polar surface area (TPSA) is 12.0 Å². The van der Waals surface area contributed by atoms with Crippen molar-refractivity contribution in [1.29, 1.82) is 0 Å². The highest BCUT2D eigenvalue weighted by atomic mass is 32.1. The van der Waals surface area contributed by atoms with Gasteiger partial charge in [0, 0.05) is 17.0 Å². The van der Waals surface area contributed by atoms with Gasteiger partial charge < -0.3 is 5.32 Å². The van der Waals surface area contributed by atoms with E-state index in [-0.39, 0.29) is 0 Å². The fourth-order valence-corrected chi connectivity index (χ4v) is 3.67. The maximum atomic E-state index is 3.77.